The van der Waals surface area contributed by atoms with Gasteiger partial charge in [-0.3, -0.25) is 19.4 Å². The van der Waals surface area contributed by atoms with Gasteiger partial charge in [0.1, 0.15) is 0 Å². The van der Waals surface area contributed by atoms with E-state index in [1.165, 1.54) is 0 Å². The number of carbonyl (C=O) groups is 3. The lowest BCUT2D eigenvalue weighted by molar-refractivity contribution is -0.122. The molecule has 3 atom stereocenters. The van der Waals surface area contributed by atoms with Crippen molar-refractivity contribution in [2.24, 2.45) is 0 Å². The molecule has 3 saturated heterocycles. The minimum atomic E-state index is -0.0751. The first kappa shape index (κ1) is 48.3. The number of thioether (sulfide) groups is 1. The lowest BCUT2D eigenvalue weighted by Crippen LogP contribution is -2.42. The first-order valence-corrected chi connectivity index (χ1v) is 22.8. The summed E-state index contributed by atoms with van der Waals surface area (Å²) in [5.74, 6) is 0.945. The highest BCUT2D eigenvalue weighted by molar-refractivity contribution is 8.00. The van der Waals surface area contributed by atoms with Crippen LogP contribution in [0.4, 0.5) is 4.79 Å². The summed E-state index contributed by atoms with van der Waals surface area (Å²) >= 11 is 1.90. The largest absolute Gasteiger partial charge is 0.379 e. The highest BCUT2D eigenvalue weighted by Gasteiger charge is 2.42. The molecule has 0 aliphatic carbocycles. The zero-order valence-corrected chi connectivity index (χ0v) is 36.5. The zero-order valence-electron chi connectivity index (χ0n) is 35.7. The molecule has 0 bridgehead atoms. The number of rotatable bonds is 31. The quantitative estimate of drug-likeness (QED) is 0.0629. The molecule has 0 aromatic carbocycles. The van der Waals surface area contributed by atoms with Crippen molar-refractivity contribution >= 4 is 29.6 Å². The smallest absolute Gasteiger partial charge is 0.315 e. The van der Waals surface area contributed by atoms with Gasteiger partial charge in [0.25, 0.3) is 5.56 Å². The number of urea groups is 1. The molecular formula is C42H66N8O10S. The molecule has 61 heavy (non-hydrogen) atoms. The van der Waals surface area contributed by atoms with Crippen molar-refractivity contribution in [2.75, 3.05) is 118 Å². The van der Waals surface area contributed by atoms with E-state index in [9.17, 15) is 19.2 Å². The molecule has 5 rings (SSSR count). The van der Waals surface area contributed by atoms with Gasteiger partial charge in [0, 0.05) is 80.6 Å². The molecular weight excluding hydrogens is 809 g/mol. The third-order valence-electron chi connectivity index (χ3n) is 10.7. The first-order chi connectivity index (χ1) is 29.9. The maximum atomic E-state index is 12.8. The summed E-state index contributed by atoms with van der Waals surface area (Å²) in [4.78, 5) is 55.0. The second-order valence-electron chi connectivity index (χ2n) is 15.3. The summed E-state index contributed by atoms with van der Waals surface area (Å²) in [6, 6.07) is 5.91. The van der Waals surface area contributed by atoms with Gasteiger partial charge in [-0.2, -0.15) is 16.9 Å². The Labute approximate surface area is 363 Å². The SMILES string of the molecule is Cc1cc(=O)n(C2CCN(CCNC(=O)CCOCCOCCOCCOCCOCCOCCNC(=O)CCCC[C@@H]3SC[C@@H]4NC(=O)N[C@@H]43)CC2)nc1-c1ccncc1. The van der Waals surface area contributed by atoms with E-state index in [2.05, 4.69) is 31.2 Å². The molecule has 2 aromatic rings. The van der Waals surface area contributed by atoms with Crippen molar-refractivity contribution in [1.29, 1.82) is 0 Å². The number of fused-ring (bicyclic) bond motifs is 1. The second kappa shape index (κ2) is 28.1. The summed E-state index contributed by atoms with van der Waals surface area (Å²) in [6.07, 6.45) is 8.70. The van der Waals surface area contributed by atoms with Crippen LogP contribution in [-0.4, -0.2) is 173 Å². The minimum Gasteiger partial charge on any atom is -0.379 e. The van der Waals surface area contributed by atoms with Gasteiger partial charge in [0.05, 0.1) is 103 Å². The number of hydrogen-bond acceptors (Lipinski definition) is 14. The fourth-order valence-electron chi connectivity index (χ4n) is 7.43. The van der Waals surface area contributed by atoms with Gasteiger partial charge in [-0.25, -0.2) is 9.48 Å². The highest BCUT2D eigenvalue weighted by Crippen LogP contribution is 2.33. The van der Waals surface area contributed by atoms with Crippen LogP contribution in [0.15, 0.2) is 35.4 Å². The Hall–Kier alpha value is -3.69. The zero-order chi connectivity index (χ0) is 42.9. The molecule has 2 aromatic heterocycles. The van der Waals surface area contributed by atoms with Crippen LogP contribution in [0.3, 0.4) is 0 Å². The number of nitrogens with one attached hydrogen (secondary N) is 4. The normalized spacial score (nSPS) is 19.1. The maximum Gasteiger partial charge on any atom is 0.315 e. The average molecular weight is 875 g/mol. The summed E-state index contributed by atoms with van der Waals surface area (Å²) < 4.78 is 34.8. The lowest BCUT2D eigenvalue weighted by atomic mass is 10.0. The van der Waals surface area contributed by atoms with Crippen LogP contribution < -0.4 is 26.8 Å². The number of piperidine rings is 1. The standard InChI is InChI=1S/C42H66N8O10S/c1-32-30-39(53)50(48-40(32)33-6-11-43-12-7-33)34-8-15-49(16-9-34)17-13-44-38(52)10-18-55-20-22-57-24-26-59-28-29-60-27-25-58-23-21-56-19-14-45-37(51)5-3-2-4-36-41-35(31-61-36)46-42(54)47-41/h6-7,11-12,30,34-36,41H,2-5,8-10,13-29,31H2,1H3,(H,44,52)(H,45,51)(H2,46,47,54)/t35-,36-,41-/m0/s1. The molecule has 5 heterocycles. The van der Waals surface area contributed by atoms with Crippen LogP contribution in [0.1, 0.15) is 56.6 Å². The van der Waals surface area contributed by atoms with E-state index in [0.717, 1.165) is 74.3 Å². The van der Waals surface area contributed by atoms with E-state index in [0.29, 0.717) is 110 Å². The molecule has 340 valence electrons. The van der Waals surface area contributed by atoms with E-state index < -0.39 is 0 Å². The number of unbranched alkanes of at least 4 members (excludes halogenated alkanes) is 1. The van der Waals surface area contributed by atoms with Crippen molar-refractivity contribution in [2.45, 2.75) is 75.2 Å². The molecule has 3 aliphatic heterocycles. The fraction of sp³-hybridized carbons (Fsp3) is 0.714. The molecule has 0 spiro atoms. The number of hydrogen-bond donors (Lipinski definition) is 4. The number of nitrogens with zero attached hydrogens (tertiary/aromatic N) is 4. The number of ether oxygens (including phenoxy) is 6. The Morgan fingerprint density at radius 2 is 1.36 bits per heavy atom. The van der Waals surface area contributed by atoms with E-state index >= 15 is 0 Å². The summed E-state index contributed by atoms with van der Waals surface area (Å²) in [5.41, 5.74) is 2.53. The van der Waals surface area contributed by atoms with Gasteiger partial charge < -0.3 is 54.6 Å². The monoisotopic (exact) mass is 874 g/mol. The number of likely N-dealkylation sites (tertiary alicyclic amines) is 1. The first-order valence-electron chi connectivity index (χ1n) is 21.8. The number of carbonyl (C=O) groups excluding carboxylic acids is 3. The van der Waals surface area contributed by atoms with E-state index in [1.807, 2.05) is 30.8 Å². The van der Waals surface area contributed by atoms with Crippen molar-refractivity contribution in [1.82, 2.24) is 40.9 Å². The summed E-state index contributed by atoms with van der Waals surface area (Å²) in [6.45, 7) is 10.6. The number of aromatic nitrogens is 3. The molecule has 0 saturated carbocycles. The Morgan fingerprint density at radius 3 is 2.02 bits per heavy atom. The average Bonchev–Trinajstić information content (AvgIpc) is 3.82. The van der Waals surface area contributed by atoms with Gasteiger partial charge in [-0.05, 0) is 50.3 Å². The highest BCUT2D eigenvalue weighted by atomic mass is 32.2. The molecule has 4 N–H and O–H groups in total. The summed E-state index contributed by atoms with van der Waals surface area (Å²) in [5, 5.41) is 17.0. The summed E-state index contributed by atoms with van der Waals surface area (Å²) in [7, 11) is 0. The van der Waals surface area contributed by atoms with Crippen LogP contribution in [0, 0.1) is 6.92 Å². The van der Waals surface area contributed by atoms with Crippen molar-refractivity contribution in [3.63, 3.8) is 0 Å². The topological polar surface area (TPSA) is 206 Å². The second-order valence-corrected chi connectivity index (χ2v) is 16.5. The molecule has 3 fully saturated rings. The third kappa shape index (κ3) is 17.9. The molecule has 18 nitrogen and oxygen atoms in total. The molecule has 0 radical (unpaired) electrons. The molecule has 0 unspecified atom stereocenters. The van der Waals surface area contributed by atoms with Crippen molar-refractivity contribution < 1.29 is 42.8 Å². The van der Waals surface area contributed by atoms with E-state index in [1.54, 1.807) is 23.1 Å². The Kier molecular flexibility index (Phi) is 22.3. The molecule has 3 aliphatic rings. The van der Waals surface area contributed by atoms with Crippen LogP contribution in [0.5, 0.6) is 0 Å². The number of aryl methyl sites for hydroxylation is 1. The van der Waals surface area contributed by atoms with E-state index in [-0.39, 0.29) is 41.5 Å². The van der Waals surface area contributed by atoms with Gasteiger partial charge in [-0.15, -0.1) is 0 Å². The van der Waals surface area contributed by atoms with Crippen molar-refractivity contribution in [3.05, 3.63) is 46.5 Å². The van der Waals surface area contributed by atoms with Crippen LogP contribution in [0.25, 0.3) is 11.3 Å². The number of pyridine rings is 1. The van der Waals surface area contributed by atoms with Crippen molar-refractivity contribution in [3.8, 4) is 11.3 Å². The van der Waals surface area contributed by atoms with E-state index in [4.69, 9.17) is 33.5 Å². The van der Waals surface area contributed by atoms with Crippen LogP contribution in [-0.2, 0) is 38.0 Å². The lowest BCUT2D eigenvalue weighted by Gasteiger charge is -2.32. The Bertz CT molecular complexity index is 1650. The van der Waals surface area contributed by atoms with Gasteiger partial charge in [0.2, 0.25) is 11.8 Å². The van der Waals surface area contributed by atoms with Gasteiger partial charge in [-0.1, -0.05) is 6.42 Å². The minimum absolute atomic E-state index is 0.0360. The van der Waals surface area contributed by atoms with Crippen LogP contribution in [0.2, 0.25) is 0 Å². The molecule has 19 heteroatoms. The molecule has 4 amide bonds. The van der Waals surface area contributed by atoms with Gasteiger partial charge in [0.15, 0.2) is 0 Å². The third-order valence-corrected chi connectivity index (χ3v) is 12.2. The predicted molar refractivity (Wildman–Crippen MR) is 231 cm³/mol. The predicted octanol–water partition coefficient (Wildman–Crippen LogP) is 1.70. The van der Waals surface area contributed by atoms with Crippen LogP contribution >= 0.6 is 11.8 Å². The Balaban J connectivity index is 0.718. The number of amides is 4. The Morgan fingerprint density at radius 1 is 0.770 bits per heavy atom. The fourth-order valence-corrected chi connectivity index (χ4v) is 8.98. The maximum absolute atomic E-state index is 12.8. The van der Waals surface area contributed by atoms with Gasteiger partial charge >= 0.3 is 6.03 Å².